The van der Waals surface area contributed by atoms with Gasteiger partial charge in [0.15, 0.2) is 11.5 Å². The Hall–Kier alpha value is -2.74. The molecule has 3 atom stereocenters. The molecule has 1 aromatic heterocycles. The van der Waals surface area contributed by atoms with Crippen molar-refractivity contribution in [2.24, 2.45) is 0 Å². The number of rotatable bonds is 4. The highest BCUT2D eigenvalue weighted by molar-refractivity contribution is 6.18. The third-order valence-corrected chi connectivity index (χ3v) is 6.12. The fourth-order valence-electron chi connectivity index (χ4n) is 4.52. The number of methoxy groups -OCH3 is 1. The molecule has 0 bridgehead atoms. The molecule has 0 amide bonds. The highest BCUT2D eigenvalue weighted by Gasteiger charge is 2.44. The molecule has 3 aromatic rings. The molecule has 0 saturated heterocycles. The van der Waals surface area contributed by atoms with Crippen molar-refractivity contribution in [1.82, 2.24) is 9.88 Å². The number of carbonyl (C=O) groups excluding carboxylic acids is 1. The van der Waals surface area contributed by atoms with Gasteiger partial charge in [-0.15, -0.1) is 11.6 Å². The lowest BCUT2D eigenvalue weighted by molar-refractivity contribution is -0.154. The van der Waals surface area contributed by atoms with Crippen LogP contribution in [-0.2, 0) is 16.0 Å². The van der Waals surface area contributed by atoms with E-state index in [1.54, 1.807) is 4.90 Å². The van der Waals surface area contributed by atoms with Crippen LogP contribution in [0.1, 0.15) is 22.9 Å². The Morgan fingerprint density at radius 3 is 2.90 bits per heavy atom. The van der Waals surface area contributed by atoms with Crippen molar-refractivity contribution >= 4 is 28.5 Å². The predicted molar refractivity (Wildman–Crippen MR) is 111 cm³/mol. The van der Waals surface area contributed by atoms with Crippen LogP contribution in [0, 0.1) is 0 Å². The van der Waals surface area contributed by atoms with Gasteiger partial charge in [-0.3, -0.25) is 9.69 Å². The molecule has 0 fully saturated rings. The number of benzene rings is 2. The average Bonchev–Trinajstić information content (AvgIpc) is 3.40. The van der Waals surface area contributed by atoms with Crippen LogP contribution in [-0.4, -0.2) is 53.0 Å². The Morgan fingerprint density at radius 1 is 1.30 bits per heavy atom. The van der Waals surface area contributed by atoms with Gasteiger partial charge in [-0.2, -0.15) is 0 Å². The summed E-state index contributed by atoms with van der Waals surface area (Å²) in [5.41, 5.74) is 3.77. The lowest BCUT2D eigenvalue weighted by Gasteiger charge is -2.43. The molecule has 0 spiro atoms. The highest BCUT2D eigenvalue weighted by atomic mass is 35.5. The van der Waals surface area contributed by atoms with E-state index in [0.29, 0.717) is 17.9 Å². The fourth-order valence-corrected chi connectivity index (χ4v) is 4.68. The predicted octanol–water partition coefficient (Wildman–Crippen LogP) is 2.94. The summed E-state index contributed by atoms with van der Waals surface area (Å²) in [7, 11) is 1.36. The van der Waals surface area contributed by atoms with E-state index in [1.165, 1.54) is 7.11 Å². The van der Waals surface area contributed by atoms with Gasteiger partial charge < -0.3 is 24.3 Å². The molecule has 156 valence electrons. The summed E-state index contributed by atoms with van der Waals surface area (Å²) < 4.78 is 16.1. The van der Waals surface area contributed by atoms with Gasteiger partial charge in [0, 0.05) is 23.0 Å². The number of aliphatic hydroxyl groups excluding tert-OH is 1. The molecule has 2 aliphatic heterocycles. The number of para-hydroxylation sites is 1. The third-order valence-electron chi connectivity index (χ3n) is 5.84. The second kappa shape index (κ2) is 7.50. The number of fused-ring (bicyclic) bond motifs is 4. The summed E-state index contributed by atoms with van der Waals surface area (Å²) in [5, 5.41) is 11.9. The maximum atomic E-state index is 12.8. The van der Waals surface area contributed by atoms with Gasteiger partial charge in [-0.25, -0.2) is 0 Å². The first kappa shape index (κ1) is 19.2. The van der Waals surface area contributed by atoms with Crippen LogP contribution in [0.3, 0.4) is 0 Å². The first-order valence-corrected chi connectivity index (χ1v) is 10.2. The first-order chi connectivity index (χ1) is 14.6. The SMILES string of the molecule is COC(=O)[C@@H]1Cc2c([nH]c3ccccc23)[C@H](c2ccc3c(c2)OCO3)N1C(O)CCl. The van der Waals surface area contributed by atoms with Crippen molar-refractivity contribution in [3.63, 3.8) is 0 Å². The van der Waals surface area contributed by atoms with Crippen LogP contribution in [0.4, 0.5) is 0 Å². The van der Waals surface area contributed by atoms with E-state index in [4.69, 9.17) is 25.8 Å². The van der Waals surface area contributed by atoms with E-state index in [2.05, 4.69) is 4.98 Å². The van der Waals surface area contributed by atoms with Crippen LogP contribution >= 0.6 is 11.6 Å². The molecule has 30 heavy (non-hydrogen) atoms. The molecule has 0 aliphatic carbocycles. The molecule has 5 rings (SSSR count). The van der Waals surface area contributed by atoms with Crippen LogP contribution in [0.15, 0.2) is 42.5 Å². The second-order valence-electron chi connectivity index (χ2n) is 7.40. The number of halogens is 1. The molecule has 2 aromatic carbocycles. The number of H-pyrrole nitrogens is 1. The number of alkyl halides is 1. The van der Waals surface area contributed by atoms with E-state index >= 15 is 0 Å². The summed E-state index contributed by atoms with van der Waals surface area (Å²) >= 11 is 6.05. The van der Waals surface area contributed by atoms with E-state index in [9.17, 15) is 9.90 Å². The van der Waals surface area contributed by atoms with Gasteiger partial charge in [0.2, 0.25) is 6.79 Å². The Labute approximate surface area is 178 Å². The first-order valence-electron chi connectivity index (χ1n) is 9.70. The lowest BCUT2D eigenvalue weighted by Crippen LogP contribution is -2.54. The number of aliphatic hydroxyl groups is 1. The van der Waals surface area contributed by atoms with Gasteiger partial charge >= 0.3 is 5.97 Å². The number of carbonyl (C=O) groups is 1. The van der Waals surface area contributed by atoms with E-state index < -0.39 is 24.3 Å². The highest BCUT2D eigenvalue weighted by Crippen LogP contribution is 2.44. The van der Waals surface area contributed by atoms with E-state index in [0.717, 1.165) is 27.7 Å². The zero-order valence-corrected chi connectivity index (χ0v) is 17.1. The zero-order chi connectivity index (χ0) is 20.8. The maximum Gasteiger partial charge on any atom is 0.323 e. The number of nitrogens with one attached hydrogen (secondary N) is 1. The molecular weight excluding hydrogens is 408 g/mol. The summed E-state index contributed by atoms with van der Waals surface area (Å²) in [4.78, 5) is 18.0. The van der Waals surface area contributed by atoms with Crippen molar-refractivity contribution in [2.45, 2.75) is 24.7 Å². The minimum Gasteiger partial charge on any atom is -0.468 e. The van der Waals surface area contributed by atoms with Crippen molar-refractivity contribution in [3.05, 3.63) is 59.3 Å². The number of hydrogen-bond donors (Lipinski definition) is 2. The van der Waals surface area contributed by atoms with Crippen LogP contribution < -0.4 is 9.47 Å². The van der Waals surface area contributed by atoms with Gasteiger partial charge in [0.05, 0.1) is 19.0 Å². The summed E-state index contributed by atoms with van der Waals surface area (Å²) in [5.74, 6) is 0.830. The van der Waals surface area contributed by atoms with E-state index in [1.807, 2.05) is 42.5 Å². The molecule has 1 unspecified atom stereocenters. The minimum atomic E-state index is -1.05. The fraction of sp³-hybridized carbons (Fsp3) is 0.318. The van der Waals surface area contributed by atoms with Crippen molar-refractivity contribution in [2.75, 3.05) is 19.8 Å². The zero-order valence-electron chi connectivity index (χ0n) is 16.3. The summed E-state index contributed by atoms with van der Waals surface area (Å²) in [6, 6.07) is 12.5. The van der Waals surface area contributed by atoms with Gasteiger partial charge in [-0.1, -0.05) is 24.3 Å². The van der Waals surface area contributed by atoms with Crippen LogP contribution in [0.25, 0.3) is 10.9 Å². The Kier molecular flexibility index (Phi) is 4.81. The normalized spacial score (nSPS) is 21.4. The van der Waals surface area contributed by atoms with Crippen molar-refractivity contribution in [3.8, 4) is 11.5 Å². The summed E-state index contributed by atoms with van der Waals surface area (Å²) in [6.07, 6.45) is -0.646. The van der Waals surface area contributed by atoms with Gasteiger partial charge in [0.25, 0.3) is 0 Å². The smallest absolute Gasteiger partial charge is 0.323 e. The quantitative estimate of drug-likeness (QED) is 0.491. The lowest BCUT2D eigenvalue weighted by atomic mass is 9.87. The monoisotopic (exact) mass is 428 g/mol. The number of aromatic nitrogens is 1. The number of hydrogen-bond acceptors (Lipinski definition) is 6. The van der Waals surface area contributed by atoms with Crippen molar-refractivity contribution in [1.29, 1.82) is 0 Å². The number of aromatic amines is 1. The number of nitrogens with zero attached hydrogens (tertiary/aromatic N) is 1. The van der Waals surface area contributed by atoms with Crippen LogP contribution in [0.5, 0.6) is 11.5 Å². The average molecular weight is 429 g/mol. The van der Waals surface area contributed by atoms with Gasteiger partial charge in [-0.05, 0) is 29.3 Å². The summed E-state index contributed by atoms with van der Waals surface area (Å²) in [6.45, 7) is 0.167. The molecule has 3 heterocycles. The molecule has 2 N–H and O–H groups in total. The second-order valence-corrected chi connectivity index (χ2v) is 7.71. The van der Waals surface area contributed by atoms with E-state index in [-0.39, 0.29) is 12.7 Å². The molecular formula is C22H21ClN2O5. The molecule has 8 heteroatoms. The number of esters is 1. The Morgan fingerprint density at radius 2 is 2.10 bits per heavy atom. The molecule has 7 nitrogen and oxygen atoms in total. The van der Waals surface area contributed by atoms with Crippen LogP contribution in [0.2, 0.25) is 0 Å². The Balaban J connectivity index is 1.74. The largest absolute Gasteiger partial charge is 0.468 e. The Bertz CT molecular complexity index is 1110. The molecule has 2 aliphatic rings. The topological polar surface area (TPSA) is 84.0 Å². The minimum absolute atomic E-state index is 0.0515. The van der Waals surface area contributed by atoms with Crippen molar-refractivity contribution < 1.29 is 24.1 Å². The third kappa shape index (κ3) is 2.93. The maximum absolute atomic E-state index is 12.8. The molecule has 0 saturated carbocycles. The molecule has 0 radical (unpaired) electrons. The number of ether oxygens (including phenoxy) is 3. The van der Waals surface area contributed by atoms with Gasteiger partial charge in [0.1, 0.15) is 12.3 Å². The standard InChI is InChI=1S/C22H21ClN2O5/c1-28-22(27)16-9-14-13-4-2-3-5-15(13)24-20(14)21(25(16)19(26)10-23)12-6-7-17-18(8-12)30-11-29-17/h2-8,16,19,21,24,26H,9-11H2,1H3/t16-,19?,21-/m0/s1.